The summed E-state index contributed by atoms with van der Waals surface area (Å²) in [7, 11) is 0. The van der Waals surface area contributed by atoms with Crippen LogP contribution in [0.3, 0.4) is 0 Å². The van der Waals surface area contributed by atoms with Crippen molar-refractivity contribution in [3.05, 3.63) is 56.0 Å². The molecule has 0 fully saturated rings. The molecule has 6 heteroatoms. The molecule has 0 aliphatic rings. The van der Waals surface area contributed by atoms with Gasteiger partial charge in [-0.25, -0.2) is 4.79 Å². The first-order valence-electron chi connectivity index (χ1n) is 5.08. The smallest absolute Gasteiger partial charge is 0.337 e. The second-order valence-electron chi connectivity index (χ2n) is 3.74. The number of hydrogen-bond donors (Lipinski definition) is 1. The zero-order valence-electron chi connectivity index (χ0n) is 9.25. The van der Waals surface area contributed by atoms with E-state index in [0.717, 1.165) is 0 Å². The zero-order valence-corrected chi connectivity index (χ0v) is 12.3. The predicted octanol–water partition coefficient (Wildman–Crippen LogP) is 5.67. The number of rotatable bonds is 2. The third-order valence-electron chi connectivity index (χ3n) is 2.50. The second kappa shape index (κ2) is 5.59. The molecule has 0 heterocycles. The van der Waals surface area contributed by atoms with Crippen molar-refractivity contribution < 1.29 is 9.90 Å². The fraction of sp³-hybridized carbons (Fsp3) is 0. The van der Waals surface area contributed by atoms with E-state index in [1.54, 1.807) is 18.2 Å². The van der Waals surface area contributed by atoms with Gasteiger partial charge in [0.1, 0.15) is 0 Å². The van der Waals surface area contributed by atoms with Gasteiger partial charge in [0.25, 0.3) is 0 Å². The summed E-state index contributed by atoms with van der Waals surface area (Å²) in [5, 5.41) is 10.2. The van der Waals surface area contributed by atoms with Crippen molar-refractivity contribution in [1.82, 2.24) is 0 Å². The Morgan fingerprint density at radius 2 is 1.47 bits per heavy atom. The molecule has 19 heavy (non-hydrogen) atoms. The summed E-state index contributed by atoms with van der Waals surface area (Å²) in [4.78, 5) is 10.9. The molecular weight excluding hydrogens is 330 g/mol. The van der Waals surface area contributed by atoms with Gasteiger partial charge in [-0.2, -0.15) is 0 Å². The maximum Gasteiger partial charge on any atom is 0.337 e. The van der Waals surface area contributed by atoms with E-state index in [0.29, 0.717) is 26.2 Å². The Kier molecular flexibility index (Phi) is 4.26. The van der Waals surface area contributed by atoms with E-state index in [4.69, 9.17) is 51.5 Å². The summed E-state index contributed by atoms with van der Waals surface area (Å²) in [5.41, 5.74) is 1.21. The molecule has 0 amide bonds. The Balaban J connectivity index is 2.61. The molecule has 98 valence electrons. The number of halogens is 4. The van der Waals surface area contributed by atoms with E-state index in [9.17, 15) is 4.79 Å². The minimum absolute atomic E-state index is 0.0200. The Morgan fingerprint density at radius 1 is 0.895 bits per heavy atom. The van der Waals surface area contributed by atoms with Crippen molar-refractivity contribution in [2.24, 2.45) is 0 Å². The summed E-state index contributed by atoms with van der Waals surface area (Å²) in [5.74, 6) is -1.09. The third kappa shape index (κ3) is 2.98. The predicted molar refractivity (Wildman–Crippen MR) is 78.9 cm³/mol. The van der Waals surface area contributed by atoms with Crippen LogP contribution < -0.4 is 0 Å². The summed E-state index contributed by atoms with van der Waals surface area (Å²) in [6.07, 6.45) is 0. The minimum Gasteiger partial charge on any atom is -0.478 e. The summed E-state index contributed by atoms with van der Waals surface area (Å²) in [6, 6.07) is 7.62. The second-order valence-corrected chi connectivity index (χ2v) is 5.40. The third-order valence-corrected chi connectivity index (χ3v) is 3.62. The fourth-order valence-electron chi connectivity index (χ4n) is 1.66. The average molecular weight is 336 g/mol. The van der Waals surface area contributed by atoms with Crippen LogP contribution in [0, 0.1) is 0 Å². The van der Waals surface area contributed by atoms with Crippen molar-refractivity contribution in [3.63, 3.8) is 0 Å². The summed E-state index contributed by atoms with van der Waals surface area (Å²) in [6.45, 7) is 0. The highest BCUT2D eigenvalue weighted by Gasteiger charge is 2.14. The SMILES string of the molecule is O=C(O)c1ccc(-c2c(Cl)cc(Cl)cc2Cl)cc1Cl. The van der Waals surface area contributed by atoms with Gasteiger partial charge in [0, 0.05) is 10.6 Å². The highest BCUT2D eigenvalue weighted by Crippen LogP contribution is 2.38. The van der Waals surface area contributed by atoms with Crippen LogP contribution in [0.4, 0.5) is 0 Å². The van der Waals surface area contributed by atoms with Gasteiger partial charge < -0.3 is 5.11 Å². The van der Waals surface area contributed by atoms with Crippen LogP contribution in [-0.4, -0.2) is 11.1 Å². The van der Waals surface area contributed by atoms with E-state index in [-0.39, 0.29) is 10.6 Å². The molecule has 0 saturated heterocycles. The summed E-state index contributed by atoms with van der Waals surface area (Å²) < 4.78 is 0. The van der Waals surface area contributed by atoms with Gasteiger partial charge in [-0.3, -0.25) is 0 Å². The summed E-state index contributed by atoms with van der Waals surface area (Å²) >= 11 is 23.9. The lowest BCUT2D eigenvalue weighted by Gasteiger charge is -2.09. The number of benzene rings is 2. The molecule has 0 atom stereocenters. The maximum atomic E-state index is 10.9. The molecular formula is C13H6Cl4O2. The Hall–Kier alpha value is -0.930. The standard InChI is InChI=1S/C13H6Cl4O2/c14-7-4-10(16)12(11(17)5-7)6-1-2-8(13(18)19)9(15)3-6/h1-5H,(H,18,19). The van der Waals surface area contributed by atoms with Crippen LogP contribution in [0.2, 0.25) is 20.1 Å². The van der Waals surface area contributed by atoms with Crippen LogP contribution in [0.5, 0.6) is 0 Å². The van der Waals surface area contributed by atoms with Crippen LogP contribution in [0.15, 0.2) is 30.3 Å². The van der Waals surface area contributed by atoms with Crippen molar-refractivity contribution in [2.45, 2.75) is 0 Å². The number of hydrogen-bond acceptors (Lipinski definition) is 1. The molecule has 0 aliphatic heterocycles. The Morgan fingerprint density at radius 3 is 1.95 bits per heavy atom. The lowest BCUT2D eigenvalue weighted by molar-refractivity contribution is 0.0697. The van der Waals surface area contributed by atoms with E-state index < -0.39 is 5.97 Å². The molecule has 2 aromatic carbocycles. The van der Waals surface area contributed by atoms with Gasteiger partial charge >= 0.3 is 5.97 Å². The molecule has 0 unspecified atom stereocenters. The van der Waals surface area contributed by atoms with Gasteiger partial charge in [0.05, 0.1) is 20.6 Å². The first kappa shape index (κ1) is 14.5. The molecule has 0 aromatic heterocycles. The Bertz CT molecular complexity index is 645. The normalized spacial score (nSPS) is 10.5. The fourth-order valence-corrected chi connectivity index (χ4v) is 2.96. The van der Waals surface area contributed by atoms with Crippen molar-refractivity contribution in [2.75, 3.05) is 0 Å². The molecule has 0 saturated carbocycles. The molecule has 0 radical (unpaired) electrons. The highest BCUT2D eigenvalue weighted by atomic mass is 35.5. The first-order chi connectivity index (χ1) is 8.90. The molecule has 0 spiro atoms. The molecule has 0 aliphatic carbocycles. The average Bonchev–Trinajstić information content (AvgIpc) is 2.26. The number of carboxylic acid groups (broad SMARTS) is 1. The first-order valence-corrected chi connectivity index (χ1v) is 6.59. The van der Waals surface area contributed by atoms with E-state index in [1.807, 2.05) is 0 Å². The molecule has 2 nitrogen and oxygen atoms in total. The Labute approximate surface area is 129 Å². The quantitative estimate of drug-likeness (QED) is 0.768. The van der Waals surface area contributed by atoms with Crippen molar-refractivity contribution >= 4 is 52.4 Å². The van der Waals surface area contributed by atoms with Crippen LogP contribution >= 0.6 is 46.4 Å². The van der Waals surface area contributed by atoms with Gasteiger partial charge in [0.2, 0.25) is 0 Å². The van der Waals surface area contributed by atoms with Gasteiger partial charge in [-0.05, 0) is 29.8 Å². The van der Waals surface area contributed by atoms with Crippen molar-refractivity contribution in [1.29, 1.82) is 0 Å². The monoisotopic (exact) mass is 334 g/mol. The lowest BCUT2D eigenvalue weighted by Crippen LogP contribution is -1.97. The molecule has 0 bridgehead atoms. The van der Waals surface area contributed by atoms with E-state index in [2.05, 4.69) is 0 Å². The number of carboxylic acids is 1. The van der Waals surface area contributed by atoms with Crippen LogP contribution in [-0.2, 0) is 0 Å². The van der Waals surface area contributed by atoms with Gasteiger partial charge in [-0.1, -0.05) is 52.5 Å². The largest absolute Gasteiger partial charge is 0.478 e. The lowest BCUT2D eigenvalue weighted by atomic mass is 10.0. The van der Waals surface area contributed by atoms with Crippen molar-refractivity contribution in [3.8, 4) is 11.1 Å². The van der Waals surface area contributed by atoms with E-state index >= 15 is 0 Å². The van der Waals surface area contributed by atoms with E-state index in [1.165, 1.54) is 12.1 Å². The molecule has 2 aromatic rings. The van der Waals surface area contributed by atoms with Crippen LogP contribution in [0.25, 0.3) is 11.1 Å². The number of carbonyl (C=O) groups is 1. The number of aromatic carboxylic acids is 1. The van der Waals surface area contributed by atoms with Crippen LogP contribution in [0.1, 0.15) is 10.4 Å². The van der Waals surface area contributed by atoms with Gasteiger partial charge in [-0.15, -0.1) is 0 Å². The topological polar surface area (TPSA) is 37.3 Å². The zero-order chi connectivity index (χ0) is 14.2. The van der Waals surface area contributed by atoms with Gasteiger partial charge in [0.15, 0.2) is 0 Å². The highest BCUT2D eigenvalue weighted by molar-refractivity contribution is 6.42. The molecule has 1 N–H and O–H groups in total. The molecule has 2 rings (SSSR count). The maximum absolute atomic E-state index is 10.9. The minimum atomic E-state index is -1.09.